The minimum atomic E-state index is -0.0510. The number of halogens is 1. The van der Waals surface area contributed by atoms with E-state index in [1.165, 1.54) is 11.1 Å². The molecular weight excluding hydrogens is 233 g/mol. The molecule has 1 aliphatic heterocycles. The fourth-order valence-electron chi connectivity index (χ4n) is 2.63. The molecule has 0 amide bonds. The van der Waals surface area contributed by atoms with Gasteiger partial charge < -0.3 is 4.90 Å². The van der Waals surface area contributed by atoms with E-state index in [4.69, 9.17) is 0 Å². The van der Waals surface area contributed by atoms with Crippen LogP contribution in [-0.4, -0.2) is 18.5 Å². The maximum absolute atomic E-state index is 12.7. The lowest BCUT2D eigenvalue weighted by atomic mass is 9.77. The SMILES string of the molecule is C=C1N(C)CCC1(C)c1cc(SF)ccc1C. The van der Waals surface area contributed by atoms with Gasteiger partial charge >= 0.3 is 0 Å². The Bertz CT molecular complexity index is 458. The number of allylic oxidation sites excluding steroid dienone is 1. The van der Waals surface area contributed by atoms with Crippen molar-refractivity contribution in [1.29, 1.82) is 0 Å². The van der Waals surface area contributed by atoms with Crippen molar-refractivity contribution in [2.24, 2.45) is 0 Å². The van der Waals surface area contributed by atoms with Crippen LogP contribution in [0.25, 0.3) is 0 Å². The molecule has 1 heterocycles. The van der Waals surface area contributed by atoms with E-state index in [0.29, 0.717) is 17.0 Å². The minimum Gasteiger partial charge on any atom is -0.378 e. The number of nitrogens with zero attached hydrogens (tertiary/aromatic N) is 1. The Kier molecular flexibility index (Phi) is 3.21. The second-order valence-electron chi connectivity index (χ2n) is 5.00. The first kappa shape index (κ1) is 12.5. The summed E-state index contributed by atoms with van der Waals surface area (Å²) in [7, 11) is 2.07. The van der Waals surface area contributed by atoms with Crippen LogP contribution in [0.1, 0.15) is 24.5 Å². The van der Waals surface area contributed by atoms with Crippen molar-refractivity contribution in [3.05, 3.63) is 41.6 Å². The smallest absolute Gasteiger partial charge is 0.0812 e. The third-order valence-electron chi connectivity index (χ3n) is 3.94. The molecule has 1 atom stereocenters. The second kappa shape index (κ2) is 4.37. The third-order valence-corrected chi connectivity index (χ3v) is 4.37. The van der Waals surface area contributed by atoms with Crippen molar-refractivity contribution in [3.8, 4) is 0 Å². The summed E-state index contributed by atoms with van der Waals surface area (Å²) in [6.07, 6.45) is 1.05. The van der Waals surface area contributed by atoms with Crippen LogP contribution < -0.4 is 0 Å². The van der Waals surface area contributed by atoms with Gasteiger partial charge in [0.2, 0.25) is 0 Å². The normalized spacial score (nSPS) is 24.5. The molecule has 1 unspecified atom stereocenters. The highest BCUT2D eigenvalue weighted by Gasteiger charge is 2.38. The van der Waals surface area contributed by atoms with Crippen LogP contribution in [0.15, 0.2) is 35.4 Å². The van der Waals surface area contributed by atoms with Crippen LogP contribution in [0, 0.1) is 6.92 Å². The van der Waals surface area contributed by atoms with E-state index in [2.05, 4.69) is 32.4 Å². The standard InChI is InChI=1S/C14H18FNS/c1-10-5-6-12(17-15)9-13(10)14(3)7-8-16(4)11(14)2/h5-6,9H,2,7-8H2,1,3-4H3. The molecule has 1 fully saturated rings. The Morgan fingerprint density at radius 3 is 2.71 bits per heavy atom. The molecule has 0 aliphatic carbocycles. The Balaban J connectivity index is 2.49. The Morgan fingerprint density at radius 2 is 2.18 bits per heavy atom. The molecule has 0 bridgehead atoms. The van der Waals surface area contributed by atoms with E-state index >= 15 is 0 Å². The van der Waals surface area contributed by atoms with E-state index in [0.717, 1.165) is 18.7 Å². The van der Waals surface area contributed by atoms with Gasteiger partial charge in [0.05, 0.1) is 12.1 Å². The maximum Gasteiger partial charge on any atom is 0.0812 e. The van der Waals surface area contributed by atoms with E-state index in [1.807, 2.05) is 18.2 Å². The van der Waals surface area contributed by atoms with Crippen molar-refractivity contribution in [3.63, 3.8) is 0 Å². The first-order valence-electron chi connectivity index (χ1n) is 5.79. The molecule has 1 nitrogen and oxygen atoms in total. The summed E-state index contributed by atoms with van der Waals surface area (Å²) in [4.78, 5) is 2.86. The summed E-state index contributed by atoms with van der Waals surface area (Å²) >= 11 is 0.308. The fraction of sp³-hybridized carbons (Fsp3) is 0.429. The summed E-state index contributed by atoms with van der Waals surface area (Å²) in [6, 6.07) is 5.78. The van der Waals surface area contributed by atoms with Crippen LogP contribution in [0.5, 0.6) is 0 Å². The molecule has 0 saturated carbocycles. The Morgan fingerprint density at radius 1 is 1.47 bits per heavy atom. The predicted octanol–water partition coefficient (Wildman–Crippen LogP) is 4.08. The molecular formula is C14H18FNS. The summed E-state index contributed by atoms with van der Waals surface area (Å²) in [6.45, 7) is 9.49. The van der Waals surface area contributed by atoms with Crippen LogP contribution in [0.4, 0.5) is 3.89 Å². The van der Waals surface area contributed by atoms with Gasteiger partial charge in [-0.1, -0.05) is 12.6 Å². The number of rotatable bonds is 2. The van der Waals surface area contributed by atoms with Crippen molar-refractivity contribution < 1.29 is 3.89 Å². The number of likely N-dealkylation sites (tertiary alicyclic amines) is 1. The number of likely N-dealkylation sites (N-methyl/N-ethyl adjacent to an activating group) is 1. The highest BCUT2D eigenvalue weighted by atomic mass is 32.2. The highest BCUT2D eigenvalue weighted by Crippen LogP contribution is 2.43. The van der Waals surface area contributed by atoms with Crippen molar-refractivity contribution in [1.82, 2.24) is 4.90 Å². The van der Waals surface area contributed by atoms with Gasteiger partial charge in [-0.15, -0.1) is 0 Å². The molecule has 0 radical (unpaired) electrons. The zero-order valence-electron chi connectivity index (χ0n) is 10.6. The molecule has 1 aromatic rings. The fourth-order valence-corrected chi connectivity index (χ4v) is 2.91. The third kappa shape index (κ3) is 1.97. The molecule has 1 saturated heterocycles. The number of hydrogen-bond donors (Lipinski definition) is 0. The number of benzene rings is 1. The summed E-state index contributed by atoms with van der Waals surface area (Å²) in [5.74, 6) is 0. The van der Waals surface area contributed by atoms with Crippen LogP contribution in [0.3, 0.4) is 0 Å². The van der Waals surface area contributed by atoms with Gasteiger partial charge in [-0.05, 0) is 43.5 Å². The van der Waals surface area contributed by atoms with Crippen molar-refractivity contribution >= 4 is 12.1 Å². The monoisotopic (exact) mass is 251 g/mol. The average molecular weight is 251 g/mol. The molecule has 0 aromatic heterocycles. The Hall–Kier alpha value is -0.960. The van der Waals surface area contributed by atoms with Gasteiger partial charge in [0.25, 0.3) is 0 Å². The van der Waals surface area contributed by atoms with Gasteiger partial charge in [0, 0.05) is 29.6 Å². The molecule has 3 heteroatoms. The lowest BCUT2D eigenvalue weighted by molar-refractivity contribution is 0.472. The zero-order valence-corrected chi connectivity index (χ0v) is 11.4. The minimum absolute atomic E-state index is 0.0510. The highest BCUT2D eigenvalue weighted by molar-refractivity contribution is 7.94. The summed E-state index contributed by atoms with van der Waals surface area (Å²) in [5, 5.41) is 0. The van der Waals surface area contributed by atoms with Gasteiger partial charge in [0.1, 0.15) is 0 Å². The quantitative estimate of drug-likeness (QED) is 0.779. The predicted molar refractivity (Wildman–Crippen MR) is 71.9 cm³/mol. The zero-order chi connectivity index (χ0) is 12.6. The first-order valence-corrected chi connectivity index (χ1v) is 6.51. The molecule has 17 heavy (non-hydrogen) atoms. The molecule has 92 valence electrons. The van der Waals surface area contributed by atoms with Gasteiger partial charge in [-0.25, -0.2) is 0 Å². The average Bonchev–Trinajstić information content (AvgIpc) is 2.59. The second-order valence-corrected chi connectivity index (χ2v) is 5.63. The van der Waals surface area contributed by atoms with Crippen LogP contribution >= 0.6 is 12.1 Å². The molecule has 2 rings (SSSR count). The Labute approximate surface area is 107 Å². The largest absolute Gasteiger partial charge is 0.378 e. The van der Waals surface area contributed by atoms with Crippen molar-refractivity contribution in [2.45, 2.75) is 30.6 Å². The van der Waals surface area contributed by atoms with Crippen LogP contribution in [0.2, 0.25) is 0 Å². The van der Waals surface area contributed by atoms with E-state index in [9.17, 15) is 3.89 Å². The van der Waals surface area contributed by atoms with Crippen molar-refractivity contribution in [2.75, 3.05) is 13.6 Å². The van der Waals surface area contributed by atoms with Crippen LogP contribution in [-0.2, 0) is 5.41 Å². The van der Waals surface area contributed by atoms with E-state index in [1.54, 1.807) is 0 Å². The lowest BCUT2D eigenvalue weighted by Crippen LogP contribution is -2.24. The van der Waals surface area contributed by atoms with Gasteiger partial charge in [-0.3, -0.25) is 0 Å². The first-order chi connectivity index (χ1) is 7.99. The van der Waals surface area contributed by atoms with E-state index in [-0.39, 0.29) is 5.41 Å². The molecule has 1 aliphatic rings. The maximum atomic E-state index is 12.7. The molecule has 0 spiro atoms. The van der Waals surface area contributed by atoms with Gasteiger partial charge in [0.15, 0.2) is 0 Å². The number of aryl methyl sites for hydroxylation is 1. The van der Waals surface area contributed by atoms with Gasteiger partial charge in [-0.2, -0.15) is 3.89 Å². The summed E-state index contributed by atoms with van der Waals surface area (Å²) in [5.41, 5.74) is 3.49. The lowest BCUT2D eigenvalue weighted by Gasteiger charge is -2.29. The summed E-state index contributed by atoms with van der Waals surface area (Å²) < 4.78 is 12.7. The van der Waals surface area contributed by atoms with E-state index < -0.39 is 0 Å². The number of hydrogen-bond acceptors (Lipinski definition) is 2. The molecule has 0 N–H and O–H groups in total. The molecule has 1 aromatic carbocycles. The topological polar surface area (TPSA) is 3.24 Å².